The van der Waals surface area contributed by atoms with Crippen molar-refractivity contribution < 1.29 is 13.2 Å². The van der Waals surface area contributed by atoms with Crippen LogP contribution in [-0.4, -0.2) is 44.1 Å². The molecule has 1 aromatic carbocycles. The predicted octanol–water partition coefficient (Wildman–Crippen LogP) is 1.29. The molecule has 6 heteroatoms. The molecule has 1 aromatic rings. The molecule has 2 N–H and O–H groups in total. The Kier molecular flexibility index (Phi) is 3.99. The molecule has 1 saturated heterocycles. The van der Waals surface area contributed by atoms with Gasteiger partial charge in [-0.05, 0) is 48.9 Å². The fourth-order valence-electron chi connectivity index (χ4n) is 3.63. The van der Waals surface area contributed by atoms with Crippen LogP contribution in [-0.2, 0) is 9.84 Å². The fraction of sp³-hybridized carbons (Fsp3) is 0.562. The van der Waals surface area contributed by atoms with Crippen molar-refractivity contribution in [2.75, 3.05) is 18.8 Å². The lowest BCUT2D eigenvalue weighted by Gasteiger charge is -2.19. The highest BCUT2D eigenvalue weighted by Crippen LogP contribution is 2.37. The van der Waals surface area contributed by atoms with Crippen LogP contribution in [0.5, 0.6) is 0 Å². The molecule has 0 spiro atoms. The third-order valence-electron chi connectivity index (χ3n) is 5.04. The van der Waals surface area contributed by atoms with E-state index < -0.39 is 9.84 Å². The van der Waals surface area contributed by atoms with Gasteiger partial charge in [0.05, 0.1) is 10.6 Å². The highest BCUT2D eigenvalue weighted by molar-refractivity contribution is 7.91. The van der Waals surface area contributed by atoms with E-state index in [1.165, 1.54) is 12.1 Å². The molecule has 5 nitrogen and oxygen atoms in total. The van der Waals surface area contributed by atoms with Crippen molar-refractivity contribution in [3.63, 3.8) is 0 Å². The molecule has 2 fully saturated rings. The van der Waals surface area contributed by atoms with Gasteiger partial charge in [-0.1, -0.05) is 6.92 Å². The Morgan fingerprint density at radius 2 is 1.91 bits per heavy atom. The largest absolute Gasteiger partial charge is 0.338 e. The van der Waals surface area contributed by atoms with E-state index in [0.717, 1.165) is 25.9 Å². The van der Waals surface area contributed by atoms with Gasteiger partial charge in [0.15, 0.2) is 9.84 Å². The average molecular weight is 322 g/mol. The molecule has 3 unspecified atom stereocenters. The van der Waals surface area contributed by atoms with Gasteiger partial charge >= 0.3 is 0 Å². The van der Waals surface area contributed by atoms with Gasteiger partial charge in [0.2, 0.25) is 0 Å². The quantitative estimate of drug-likeness (QED) is 0.909. The highest BCUT2D eigenvalue weighted by Gasteiger charge is 2.42. The molecule has 3 rings (SSSR count). The normalized spacial score (nSPS) is 27.9. The summed E-state index contributed by atoms with van der Waals surface area (Å²) in [5.41, 5.74) is 6.64. The third-order valence-corrected chi connectivity index (χ3v) is 6.79. The van der Waals surface area contributed by atoms with Gasteiger partial charge in [-0.2, -0.15) is 0 Å². The Bertz CT molecular complexity index is 669. The van der Waals surface area contributed by atoms with Gasteiger partial charge in [0.1, 0.15) is 0 Å². The van der Waals surface area contributed by atoms with E-state index >= 15 is 0 Å². The molecule has 0 bridgehead atoms. The lowest BCUT2D eigenvalue weighted by atomic mass is 9.98. The molecule has 2 aliphatic rings. The Hall–Kier alpha value is -1.40. The van der Waals surface area contributed by atoms with Crippen molar-refractivity contribution in [1.82, 2.24) is 4.90 Å². The molecule has 0 aromatic heterocycles. The molecule has 22 heavy (non-hydrogen) atoms. The van der Waals surface area contributed by atoms with Crippen LogP contribution in [0.1, 0.15) is 30.1 Å². The second kappa shape index (κ2) is 5.66. The van der Waals surface area contributed by atoms with E-state index in [0.29, 0.717) is 17.4 Å². The summed E-state index contributed by atoms with van der Waals surface area (Å²) in [7, 11) is -3.22. The summed E-state index contributed by atoms with van der Waals surface area (Å²) in [6, 6.07) is 6.47. The summed E-state index contributed by atoms with van der Waals surface area (Å²) < 4.78 is 23.6. The summed E-state index contributed by atoms with van der Waals surface area (Å²) in [5.74, 6) is 0.984. The van der Waals surface area contributed by atoms with E-state index in [4.69, 9.17) is 5.73 Å². The van der Waals surface area contributed by atoms with Crippen LogP contribution in [0.15, 0.2) is 29.2 Å². The topological polar surface area (TPSA) is 80.5 Å². The summed E-state index contributed by atoms with van der Waals surface area (Å²) >= 11 is 0. The zero-order valence-corrected chi connectivity index (χ0v) is 13.6. The first-order valence-corrected chi connectivity index (χ1v) is 9.45. The minimum absolute atomic E-state index is 0.0259. The van der Waals surface area contributed by atoms with Gasteiger partial charge in [-0.3, -0.25) is 4.79 Å². The molecule has 1 amide bonds. The number of hydrogen-bond acceptors (Lipinski definition) is 4. The van der Waals surface area contributed by atoms with E-state index in [2.05, 4.69) is 0 Å². The van der Waals surface area contributed by atoms with Crippen LogP contribution in [0, 0.1) is 11.8 Å². The molecular formula is C16H22N2O3S. The molecule has 3 atom stereocenters. The van der Waals surface area contributed by atoms with Crippen LogP contribution in [0.4, 0.5) is 0 Å². The second-order valence-corrected chi connectivity index (χ2v) is 8.58. The smallest absolute Gasteiger partial charge is 0.253 e. The maximum atomic E-state index is 12.6. The summed E-state index contributed by atoms with van der Waals surface area (Å²) in [5, 5.41) is 0. The average Bonchev–Trinajstić information content (AvgIpc) is 3.09. The summed E-state index contributed by atoms with van der Waals surface area (Å²) in [6.07, 6.45) is 2.16. The lowest BCUT2D eigenvalue weighted by molar-refractivity contribution is 0.0779. The van der Waals surface area contributed by atoms with Crippen molar-refractivity contribution in [3.8, 4) is 0 Å². The monoisotopic (exact) mass is 322 g/mol. The number of rotatable bonds is 3. The molecule has 1 aliphatic heterocycles. The Labute approximate surface area is 131 Å². The lowest BCUT2D eigenvalue weighted by Crippen LogP contribution is -2.33. The number of sulfone groups is 1. The van der Waals surface area contributed by atoms with Crippen molar-refractivity contribution in [1.29, 1.82) is 0 Å². The number of nitrogens with zero attached hydrogens (tertiary/aromatic N) is 1. The Morgan fingerprint density at radius 1 is 1.23 bits per heavy atom. The zero-order valence-electron chi connectivity index (χ0n) is 12.7. The van der Waals surface area contributed by atoms with Crippen molar-refractivity contribution in [2.45, 2.75) is 30.7 Å². The Morgan fingerprint density at radius 3 is 2.50 bits per heavy atom. The van der Waals surface area contributed by atoms with Crippen LogP contribution >= 0.6 is 0 Å². The number of carbonyl (C=O) groups is 1. The number of carbonyl (C=O) groups excluding carboxylic acids is 1. The fourth-order valence-corrected chi connectivity index (χ4v) is 4.51. The van der Waals surface area contributed by atoms with E-state index in [1.54, 1.807) is 19.1 Å². The molecule has 0 radical (unpaired) electrons. The molecule has 120 valence electrons. The maximum absolute atomic E-state index is 12.6. The highest BCUT2D eigenvalue weighted by atomic mass is 32.2. The number of amides is 1. The summed E-state index contributed by atoms with van der Waals surface area (Å²) in [6.45, 7) is 3.10. The number of fused-ring (bicyclic) bond motifs is 1. The zero-order chi connectivity index (χ0) is 15.9. The van der Waals surface area contributed by atoms with E-state index in [-0.39, 0.29) is 22.6 Å². The van der Waals surface area contributed by atoms with Crippen molar-refractivity contribution in [2.24, 2.45) is 17.6 Å². The SMILES string of the molecule is CCS(=O)(=O)c1ccc(C(=O)N2CC3CCC(N)C3C2)cc1. The first kappa shape index (κ1) is 15.5. The first-order chi connectivity index (χ1) is 10.4. The van der Waals surface area contributed by atoms with Crippen LogP contribution in [0.25, 0.3) is 0 Å². The predicted molar refractivity (Wildman–Crippen MR) is 84.3 cm³/mol. The standard InChI is InChI=1S/C16H22N2O3S/c1-2-22(20,21)13-6-3-11(4-7-13)16(19)18-9-12-5-8-15(17)14(12)10-18/h3-4,6-7,12,14-15H,2,5,8-10,17H2,1H3. The summed E-state index contributed by atoms with van der Waals surface area (Å²) in [4.78, 5) is 14.7. The molecular weight excluding hydrogens is 300 g/mol. The second-order valence-electron chi connectivity index (χ2n) is 6.30. The van der Waals surface area contributed by atoms with Gasteiger partial charge in [0, 0.05) is 24.7 Å². The van der Waals surface area contributed by atoms with Gasteiger partial charge in [-0.25, -0.2) is 8.42 Å². The van der Waals surface area contributed by atoms with Gasteiger partial charge in [-0.15, -0.1) is 0 Å². The molecule has 1 heterocycles. The number of hydrogen-bond donors (Lipinski definition) is 1. The van der Waals surface area contributed by atoms with E-state index in [1.807, 2.05) is 4.90 Å². The van der Waals surface area contributed by atoms with Crippen LogP contribution in [0.2, 0.25) is 0 Å². The molecule has 1 saturated carbocycles. The van der Waals surface area contributed by atoms with Gasteiger partial charge < -0.3 is 10.6 Å². The van der Waals surface area contributed by atoms with Gasteiger partial charge in [0.25, 0.3) is 5.91 Å². The van der Waals surface area contributed by atoms with Crippen molar-refractivity contribution >= 4 is 15.7 Å². The maximum Gasteiger partial charge on any atom is 0.253 e. The Balaban J connectivity index is 1.74. The van der Waals surface area contributed by atoms with E-state index in [9.17, 15) is 13.2 Å². The minimum atomic E-state index is -3.22. The van der Waals surface area contributed by atoms with Crippen LogP contribution < -0.4 is 5.73 Å². The first-order valence-electron chi connectivity index (χ1n) is 7.80. The number of nitrogens with two attached hydrogens (primary N) is 1. The minimum Gasteiger partial charge on any atom is -0.338 e. The van der Waals surface area contributed by atoms with Crippen molar-refractivity contribution in [3.05, 3.63) is 29.8 Å². The number of benzene rings is 1. The third kappa shape index (κ3) is 2.65. The van der Waals surface area contributed by atoms with Crippen LogP contribution in [0.3, 0.4) is 0 Å². The molecule has 1 aliphatic carbocycles. The number of likely N-dealkylation sites (tertiary alicyclic amines) is 1.